The molecule has 0 bridgehead atoms. The lowest BCUT2D eigenvalue weighted by atomic mass is 9.92. The van der Waals surface area contributed by atoms with E-state index in [0.717, 1.165) is 39.4 Å². The Morgan fingerprint density at radius 3 is 2.25 bits per heavy atom. The van der Waals surface area contributed by atoms with Crippen molar-refractivity contribution < 1.29 is 4.74 Å². The van der Waals surface area contributed by atoms with Crippen LogP contribution < -0.4 is 10.1 Å². The first-order chi connectivity index (χ1) is 11.7. The number of hydrogen-bond donors (Lipinski definition) is 1. The van der Waals surface area contributed by atoms with E-state index in [2.05, 4.69) is 29.6 Å². The van der Waals surface area contributed by atoms with Gasteiger partial charge in [-0.25, -0.2) is 0 Å². The van der Waals surface area contributed by atoms with Crippen molar-refractivity contribution in [2.75, 3.05) is 7.05 Å². The Labute approximate surface area is 147 Å². The fraction of sp³-hybridized carbons (Fsp3) is 0.143. The second-order valence-electron chi connectivity index (χ2n) is 5.99. The van der Waals surface area contributed by atoms with Crippen LogP contribution in [0.4, 0.5) is 0 Å². The quantitative estimate of drug-likeness (QED) is 0.726. The summed E-state index contributed by atoms with van der Waals surface area (Å²) in [6.45, 7) is 0. The minimum Gasteiger partial charge on any atom is -0.468 e. The fourth-order valence-corrected chi connectivity index (χ4v) is 3.70. The highest BCUT2D eigenvalue weighted by Crippen LogP contribution is 2.46. The highest BCUT2D eigenvalue weighted by atomic mass is 35.5. The van der Waals surface area contributed by atoms with Gasteiger partial charge in [-0.05, 0) is 24.7 Å². The first-order valence-corrected chi connectivity index (χ1v) is 8.41. The summed E-state index contributed by atoms with van der Waals surface area (Å²) in [5, 5.41) is 4.13. The van der Waals surface area contributed by atoms with Gasteiger partial charge in [-0.2, -0.15) is 0 Å². The van der Waals surface area contributed by atoms with Crippen LogP contribution in [-0.4, -0.2) is 7.05 Å². The third-order valence-corrected chi connectivity index (χ3v) is 4.95. The lowest BCUT2D eigenvalue weighted by Gasteiger charge is -2.28. The molecule has 4 rings (SSSR count). The van der Waals surface area contributed by atoms with Gasteiger partial charge in [0, 0.05) is 28.1 Å². The van der Waals surface area contributed by atoms with Gasteiger partial charge in [-0.1, -0.05) is 72.3 Å². The number of nitrogens with one attached hydrogen (secondary N) is 1. The van der Waals surface area contributed by atoms with Crippen LogP contribution in [0.5, 0.6) is 5.75 Å². The Morgan fingerprint density at radius 2 is 1.58 bits per heavy atom. The molecule has 120 valence electrons. The zero-order valence-electron chi connectivity index (χ0n) is 13.4. The van der Waals surface area contributed by atoms with E-state index in [1.54, 1.807) is 0 Å². The second kappa shape index (κ2) is 5.97. The monoisotopic (exact) mass is 335 g/mol. The van der Waals surface area contributed by atoms with Crippen molar-refractivity contribution in [3.63, 3.8) is 0 Å². The number of hydrogen-bond acceptors (Lipinski definition) is 2. The van der Waals surface area contributed by atoms with Crippen molar-refractivity contribution in [3.05, 3.63) is 88.9 Å². The summed E-state index contributed by atoms with van der Waals surface area (Å²) in [4.78, 5) is 0. The zero-order valence-corrected chi connectivity index (χ0v) is 14.2. The molecule has 1 atom stereocenters. The summed E-state index contributed by atoms with van der Waals surface area (Å²) < 4.78 is 6.38. The summed E-state index contributed by atoms with van der Waals surface area (Å²) in [7, 11) is 1.93. The Morgan fingerprint density at radius 1 is 0.917 bits per heavy atom. The Bertz CT molecular complexity index is 864. The van der Waals surface area contributed by atoms with Gasteiger partial charge < -0.3 is 4.74 Å². The maximum absolute atomic E-state index is 6.55. The van der Waals surface area contributed by atoms with Gasteiger partial charge in [0.1, 0.15) is 5.75 Å². The van der Waals surface area contributed by atoms with Crippen molar-refractivity contribution in [3.8, 4) is 16.9 Å². The van der Waals surface area contributed by atoms with E-state index >= 15 is 0 Å². The molecule has 0 radical (unpaired) electrons. The average Bonchev–Trinajstić information content (AvgIpc) is 3.03. The third kappa shape index (κ3) is 2.39. The molecule has 0 saturated heterocycles. The number of rotatable bonds is 3. The van der Waals surface area contributed by atoms with Crippen molar-refractivity contribution >= 4 is 11.6 Å². The summed E-state index contributed by atoms with van der Waals surface area (Å²) in [5.74, 6) is 0.886. The van der Waals surface area contributed by atoms with Crippen molar-refractivity contribution in [2.45, 2.75) is 12.1 Å². The molecule has 2 nitrogen and oxygen atoms in total. The molecular weight excluding hydrogens is 318 g/mol. The van der Waals surface area contributed by atoms with Crippen molar-refractivity contribution in [2.24, 2.45) is 0 Å². The maximum atomic E-state index is 6.55. The van der Waals surface area contributed by atoms with Gasteiger partial charge in [-0.3, -0.25) is 5.32 Å². The number of ether oxygens (including phenoxy) is 1. The highest BCUT2D eigenvalue weighted by molar-refractivity contribution is 6.33. The molecule has 1 heterocycles. The molecule has 1 N–H and O–H groups in total. The molecular formula is C21H18ClNO. The first kappa shape index (κ1) is 15.3. The number of halogens is 1. The standard InChI is InChI=1S/C21H18ClNO/c1-23-21(16-10-6-3-7-11-16)14-17-19(24-21)13-12-18(22)20(17)15-8-4-2-5-9-15/h2-13,23H,14H2,1H3/t21-/m0/s1. The molecule has 3 aromatic carbocycles. The summed E-state index contributed by atoms with van der Waals surface area (Å²) in [6, 6.07) is 24.4. The van der Waals surface area contributed by atoms with E-state index < -0.39 is 5.72 Å². The van der Waals surface area contributed by atoms with Crippen LogP contribution in [0, 0.1) is 0 Å². The molecule has 0 unspecified atom stereocenters. The van der Waals surface area contributed by atoms with Crippen LogP contribution in [0.2, 0.25) is 5.02 Å². The number of benzene rings is 3. The van der Waals surface area contributed by atoms with Crippen LogP contribution in [0.25, 0.3) is 11.1 Å². The lowest BCUT2D eigenvalue weighted by molar-refractivity contribution is 0.0623. The zero-order chi connectivity index (χ0) is 16.6. The molecule has 0 fully saturated rings. The Balaban J connectivity index is 1.85. The second-order valence-corrected chi connectivity index (χ2v) is 6.39. The minimum atomic E-state index is -0.558. The highest BCUT2D eigenvalue weighted by Gasteiger charge is 2.41. The third-order valence-electron chi connectivity index (χ3n) is 4.64. The van der Waals surface area contributed by atoms with Gasteiger partial charge in [0.05, 0.1) is 0 Å². The molecule has 0 saturated carbocycles. The molecule has 1 aliphatic heterocycles. The predicted octanol–water partition coefficient (Wildman–Crippen LogP) is 5.01. The Hall–Kier alpha value is -2.29. The van der Waals surface area contributed by atoms with E-state index in [1.807, 2.05) is 55.6 Å². The largest absolute Gasteiger partial charge is 0.468 e. The van der Waals surface area contributed by atoms with Gasteiger partial charge in [0.2, 0.25) is 0 Å². The molecule has 0 aliphatic carbocycles. The molecule has 3 heteroatoms. The SMILES string of the molecule is CN[C@@]1(c2ccccc2)Cc2c(ccc(Cl)c2-c2ccccc2)O1. The van der Waals surface area contributed by atoms with E-state index in [-0.39, 0.29) is 0 Å². The first-order valence-electron chi connectivity index (χ1n) is 8.04. The maximum Gasteiger partial charge on any atom is 0.191 e. The number of fused-ring (bicyclic) bond motifs is 1. The minimum absolute atomic E-state index is 0.558. The van der Waals surface area contributed by atoms with Crippen LogP contribution in [-0.2, 0) is 12.1 Å². The van der Waals surface area contributed by atoms with Crippen molar-refractivity contribution in [1.29, 1.82) is 0 Å². The van der Waals surface area contributed by atoms with Crippen LogP contribution in [0.3, 0.4) is 0 Å². The molecule has 24 heavy (non-hydrogen) atoms. The molecule has 3 aromatic rings. The normalized spacial score (nSPS) is 18.9. The van der Waals surface area contributed by atoms with Gasteiger partial charge in [0.25, 0.3) is 0 Å². The van der Waals surface area contributed by atoms with Gasteiger partial charge in [0.15, 0.2) is 5.72 Å². The topological polar surface area (TPSA) is 21.3 Å². The molecule has 0 aromatic heterocycles. The van der Waals surface area contributed by atoms with Crippen LogP contribution in [0.1, 0.15) is 11.1 Å². The predicted molar refractivity (Wildman–Crippen MR) is 98.4 cm³/mol. The van der Waals surface area contributed by atoms with Gasteiger partial charge >= 0.3 is 0 Å². The average molecular weight is 336 g/mol. The van der Waals surface area contributed by atoms with E-state index in [1.165, 1.54) is 0 Å². The van der Waals surface area contributed by atoms with Crippen LogP contribution >= 0.6 is 11.6 Å². The Kier molecular flexibility index (Phi) is 3.79. The van der Waals surface area contributed by atoms with E-state index in [0.29, 0.717) is 0 Å². The summed E-state index contributed by atoms with van der Waals surface area (Å²) in [5.41, 5.74) is 3.87. The van der Waals surface area contributed by atoms with E-state index in [9.17, 15) is 0 Å². The molecule has 0 spiro atoms. The lowest BCUT2D eigenvalue weighted by Crippen LogP contribution is -2.44. The molecule has 1 aliphatic rings. The summed E-state index contributed by atoms with van der Waals surface area (Å²) >= 11 is 6.55. The smallest absolute Gasteiger partial charge is 0.191 e. The van der Waals surface area contributed by atoms with Gasteiger partial charge in [-0.15, -0.1) is 0 Å². The van der Waals surface area contributed by atoms with Crippen LogP contribution in [0.15, 0.2) is 72.8 Å². The summed E-state index contributed by atoms with van der Waals surface area (Å²) in [6.07, 6.45) is 0.730. The number of likely N-dealkylation sites (N-methyl/N-ethyl adjacent to an activating group) is 1. The van der Waals surface area contributed by atoms with E-state index in [4.69, 9.17) is 16.3 Å². The molecule has 0 amide bonds. The fourth-order valence-electron chi connectivity index (χ4n) is 3.41. The van der Waals surface area contributed by atoms with Crippen molar-refractivity contribution in [1.82, 2.24) is 5.32 Å².